The highest BCUT2D eigenvalue weighted by Crippen LogP contribution is 2.19. The van der Waals surface area contributed by atoms with Gasteiger partial charge in [0, 0.05) is 42.5 Å². The number of amides is 1. The Labute approximate surface area is 142 Å². The quantitative estimate of drug-likeness (QED) is 0.854. The predicted octanol–water partition coefficient (Wildman–Crippen LogP) is 3.86. The number of carbonyl (C=O) groups excluding carboxylic acids is 1. The Morgan fingerprint density at radius 2 is 1.74 bits per heavy atom. The lowest BCUT2D eigenvalue weighted by Crippen LogP contribution is -2.48. The second-order valence-corrected chi connectivity index (χ2v) is 6.25. The van der Waals surface area contributed by atoms with Gasteiger partial charge in [0.15, 0.2) is 0 Å². The van der Waals surface area contributed by atoms with Gasteiger partial charge >= 0.3 is 0 Å². The summed E-state index contributed by atoms with van der Waals surface area (Å²) < 4.78 is 0. The van der Waals surface area contributed by atoms with Crippen LogP contribution in [0.5, 0.6) is 0 Å². The van der Waals surface area contributed by atoms with Crippen LogP contribution in [-0.2, 0) is 6.42 Å². The third kappa shape index (κ3) is 3.67. The van der Waals surface area contributed by atoms with Gasteiger partial charge in [0.05, 0.1) is 0 Å². The van der Waals surface area contributed by atoms with Crippen LogP contribution in [0.15, 0.2) is 48.5 Å². The SMILES string of the molecule is CCc1ccc(N2CCN(C(=O)c3cccc(Cl)c3)CC2)cc1. The molecule has 1 saturated heterocycles. The molecule has 0 spiro atoms. The van der Waals surface area contributed by atoms with E-state index >= 15 is 0 Å². The summed E-state index contributed by atoms with van der Waals surface area (Å²) in [7, 11) is 0. The molecule has 2 aromatic rings. The van der Waals surface area contributed by atoms with Crippen LogP contribution in [0.25, 0.3) is 0 Å². The van der Waals surface area contributed by atoms with Gasteiger partial charge in [0.2, 0.25) is 0 Å². The Morgan fingerprint density at radius 3 is 2.35 bits per heavy atom. The van der Waals surface area contributed by atoms with Gasteiger partial charge in [-0.25, -0.2) is 0 Å². The van der Waals surface area contributed by atoms with E-state index in [1.165, 1.54) is 11.3 Å². The topological polar surface area (TPSA) is 23.6 Å². The lowest BCUT2D eigenvalue weighted by molar-refractivity contribution is 0.0747. The molecule has 120 valence electrons. The van der Waals surface area contributed by atoms with Crippen molar-refractivity contribution in [3.63, 3.8) is 0 Å². The minimum atomic E-state index is 0.0634. The molecular formula is C19H21ClN2O. The summed E-state index contributed by atoms with van der Waals surface area (Å²) in [5.74, 6) is 0.0634. The van der Waals surface area contributed by atoms with Crippen LogP contribution in [0.4, 0.5) is 5.69 Å². The van der Waals surface area contributed by atoms with Crippen molar-refractivity contribution in [2.75, 3.05) is 31.1 Å². The minimum absolute atomic E-state index is 0.0634. The summed E-state index contributed by atoms with van der Waals surface area (Å²) in [6, 6.07) is 15.9. The lowest BCUT2D eigenvalue weighted by atomic mass is 10.1. The van der Waals surface area contributed by atoms with Gasteiger partial charge in [-0.1, -0.05) is 36.7 Å². The first-order valence-corrected chi connectivity index (χ1v) is 8.44. The van der Waals surface area contributed by atoms with Gasteiger partial charge in [-0.15, -0.1) is 0 Å². The number of rotatable bonds is 3. The van der Waals surface area contributed by atoms with Crippen LogP contribution in [0.3, 0.4) is 0 Å². The van der Waals surface area contributed by atoms with E-state index < -0.39 is 0 Å². The van der Waals surface area contributed by atoms with Crippen molar-refractivity contribution in [2.24, 2.45) is 0 Å². The summed E-state index contributed by atoms with van der Waals surface area (Å²) in [6.45, 7) is 5.35. The first-order chi connectivity index (χ1) is 11.2. The average Bonchev–Trinajstić information content (AvgIpc) is 2.61. The molecule has 1 aliphatic heterocycles. The second-order valence-electron chi connectivity index (χ2n) is 5.81. The first-order valence-electron chi connectivity index (χ1n) is 8.06. The number of aryl methyl sites for hydroxylation is 1. The monoisotopic (exact) mass is 328 g/mol. The standard InChI is InChI=1S/C19H21ClN2O/c1-2-15-6-8-18(9-7-15)21-10-12-22(13-11-21)19(23)16-4-3-5-17(20)14-16/h3-9,14H,2,10-13H2,1H3. The van der Waals surface area contributed by atoms with E-state index in [9.17, 15) is 4.79 Å². The van der Waals surface area contributed by atoms with Crippen molar-refractivity contribution in [3.05, 3.63) is 64.7 Å². The van der Waals surface area contributed by atoms with Crippen molar-refractivity contribution < 1.29 is 4.79 Å². The number of benzene rings is 2. The summed E-state index contributed by atoms with van der Waals surface area (Å²) in [6.07, 6.45) is 1.06. The van der Waals surface area contributed by atoms with Crippen molar-refractivity contribution >= 4 is 23.2 Å². The highest BCUT2D eigenvalue weighted by molar-refractivity contribution is 6.30. The molecule has 1 fully saturated rings. The van der Waals surface area contributed by atoms with Crippen molar-refractivity contribution in [2.45, 2.75) is 13.3 Å². The Balaban J connectivity index is 1.62. The van der Waals surface area contributed by atoms with Gasteiger partial charge in [-0.05, 0) is 42.3 Å². The van der Waals surface area contributed by atoms with Crippen LogP contribution in [0, 0.1) is 0 Å². The van der Waals surface area contributed by atoms with Gasteiger partial charge < -0.3 is 9.80 Å². The zero-order valence-electron chi connectivity index (χ0n) is 13.3. The van der Waals surface area contributed by atoms with E-state index in [2.05, 4.69) is 36.1 Å². The van der Waals surface area contributed by atoms with E-state index in [4.69, 9.17) is 11.6 Å². The van der Waals surface area contributed by atoms with E-state index in [0.29, 0.717) is 10.6 Å². The fourth-order valence-corrected chi connectivity index (χ4v) is 3.10. The number of anilines is 1. The molecule has 23 heavy (non-hydrogen) atoms. The predicted molar refractivity (Wildman–Crippen MR) is 95.4 cm³/mol. The Hall–Kier alpha value is -2.00. The van der Waals surface area contributed by atoms with Gasteiger partial charge in [0.1, 0.15) is 0 Å². The molecular weight excluding hydrogens is 308 g/mol. The van der Waals surface area contributed by atoms with Crippen LogP contribution < -0.4 is 4.90 Å². The minimum Gasteiger partial charge on any atom is -0.368 e. The number of nitrogens with zero attached hydrogens (tertiary/aromatic N) is 2. The maximum Gasteiger partial charge on any atom is 0.254 e. The molecule has 2 aromatic carbocycles. The summed E-state index contributed by atoms with van der Waals surface area (Å²) in [5, 5.41) is 0.602. The normalized spacial score (nSPS) is 14.9. The second kappa shape index (κ2) is 7.05. The molecule has 0 aromatic heterocycles. The number of piperazine rings is 1. The molecule has 1 aliphatic rings. The maximum atomic E-state index is 12.5. The third-order valence-electron chi connectivity index (χ3n) is 4.35. The van der Waals surface area contributed by atoms with Crippen molar-refractivity contribution in [3.8, 4) is 0 Å². The molecule has 3 nitrogen and oxygen atoms in total. The molecule has 4 heteroatoms. The van der Waals surface area contributed by atoms with Gasteiger partial charge in [-0.3, -0.25) is 4.79 Å². The Bertz CT molecular complexity index is 676. The average molecular weight is 329 g/mol. The van der Waals surface area contributed by atoms with Gasteiger partial charge in [-0.2, -0.15) is 0 Å². The molecule has 0 saturated carbocycles. The van der Waals surface area contributed by atoms with Crippen LogP contribution in [-0.4, -0.2) is 37.0 Å². The summed E-state index contributed by atoms with van der Waals surface area (Å²) in [5.41, 5.74) is 3.25. The number of carbonyl (C=O) groups is 1. The highest BCUT2D eigenvalue weighted by Gasteiger charge is 2.22. The smallest absolute Gasteiger partial charge is 0.254 e. The summed E-state index contributed by atoms with van der Waals surface area (Å²) in [4.78, 5) is 16.8. The third-order valence-corrected chi connectivity index (χ3v) is 4.58. The Kier molecular flexibility index (Phi) is 4.87. The number of hydrogen-bond acceptors (Lipinski definition) is 2. The molecule has 0 N–H and O–H groups in total. The fraction of sp³-hybridized carbons (Fsp3) is 0.316. The zero-order valence-corrected chi connectivity index (χ0v) is 14.1. The van der Waals surface area contributed by atoms with Crippen molar-refractivity contribution in [1.29, 1.82) is 0 Å². The number of halogens is 1. The van der Waals surface area contributed by atoms with Crippen LogP contribution >= 0.6 is 11.6 Å². The molecule has 1 amide bonds. The van der Waals surface area contributed by atoms with E-state index in [0.717, 1.165) is 32.6 Å². The molecule has 1 heterocycles. The zero-order chi connectivity index (χ0) is 16.2. The van der Waals surface area contributed by atoms with Crippen LogP contribution in [0.1, 0.15) is 22.8 Å². The highest BCUT2D eigenvalue weighted by atomic mass is 35.5. The van der Waals surface area contributed by atoms with E-state index in [1.807, 2.05) is 17.0 Å². The molecule has 0 atom stereocenters. The molecule has 0 aliphatic carbocycles. The fourth-order valence-electron chi connectivity index (χ4n) is 2.91. The molecule has 0 bridgehead atoms. The van der Waals surface area contributed by atoms with E-state index in [-0.39, 0.29) is 5.91 Å². The summed E-state index contributed by atoms with van der Waals surface area (Å²) >= 11 is 5.98. The molecule has 0 unspecified atom stereocenters. The largest absolute Gasteiger partial charge is 0.368 e. The van der Waals surface area contributed by atoms with E-state index in [1.54, 1.807) is 12.1 Å². The lowest BCUT2D eigenvalue weighted by Gasteiger charge is -2.36. The van der Waals surface area contributed by atoms with Crippen LogP contribution in [0.2, 0.25) is 5.02 Å². The van der Waals surface area contributed by atoms with Crippen molar-refractivity contribution in [1.82, 2.24) is 4.90 Å². The maximum absolute atomic E-state index is 12.5. The molecule has 0 radical (unpaired) electrons. The Morgan fingerprint density at radius 1 is 1.04 bits per heavy atom. The first kappa shape index (κ1) is 15.9. The number of hydrogen-bond donors (Lipinski definition) is 0. The molecule has 3 rings (SSSR count). The van der Waals surface area contributed by atoms with Gasteiger partial charge in [0.25, 0.3) is 5.91 Å².